The lowest BCUT2D eigenvalue weighted by atomic mass is 9.73. The number of benzene rings is 6. The van der Waals surface area contributed by atoms with Crippen LogP contribution >= 0.6 is 159 Å². The second-order valence-corrected chi connectivity index (χ2v) is 37.5. The highest BCUT2D eigenvalue weighted by Gasteiger charge is 2.50. The first kappa shape index (κ1) is 54.4. The molecule has 1 nitrogen and oxygen atoms in total. The van der Waals surface area contributed by atoms with Crippen LogP contribution in [0.2, 0.25) is 0 Å². The van der Waals surface area contributed by atoms with Crippen molar-refractivity contribution in [2.45, 2.75) is 99.0 Å². The fraction of sp³-hybridized carbons (Fsp3) is 0.333. The van der Waals surface area contributed by atoms with Crippen molar-refractivity contribution in [2.24, 2.45) is 0 Å². The number of unbranched alkanes of at least 4 members (excludes halogenated alkanes) is 6. The van der Waals surface area contributed by atoms with Gasteiger partial charge in [0.05, 0.1) is 0 Å². The number of ether oxygens (including phenoxy) is 1. The van der Waals surface area contributed by atoms with Gasteiger partial charge >= 0.3 is 0 Å². The molecule has 6 rings (SSSR count). The van der Waals surface area contributed by atoms with E-state index in [2.05, 4.69) is 329 Å². The second-order valence-electron chi connectivity index (χ2n) is 16.5. The number of rotatable bonds is 22. The first-order valence-corrected chi connectivity index (χ1v) is 29.9. The zero-order valence-corrected chi connectivity index (χ0v) is 51.7. The minimum atomic E-state index is -1.04. The SMILES string of the molecule is BrC(Br)(Br)C(Br)(Br)CCCCCCc1ccccc1C(OC(c1ccccc1)(c1ccccc1)c1ccccc1CCCCCCC(Br)(Br)C(Br)(Br)Br)(c1ccccc1)c1ccccc1. The molecular formula is C54H52Br10O. The van der Waals surface area contributed by atoms with Crippen molar-refractivity contribution in [2.75, 3.05) is 0 Å². The molecule has 11 heteroatoms. The zero-order valence-electron chi connectivity index (χ0n) is 35.8. The number of hydrogen-bond donors (Lipinski definition) is 0. The fourth-order valence-corrected chi connectivity index (χ4v) is 11.0. The Morgan fingerprint density at radius 1 is 0.292 bits per heavy atom. The standard InChI is InChI=1S/C54H52Br10O/c55-49(56,53(59,60)61)39-23-3-1-9-25-41-27-19-21-37-47(41)51(43-29-11-5-12-30-43,44-31-13-6-14-32-44)65-52(45-33-15-7-16-34-45,46-35-17-8-18-36-46)48-38-22-20-28-42(48)26-10-2-4-24-40-50(57,58)54(62,63)64/h5-8,11-22,27-38H,1-4,9-10,23-26,39-40H2. The lowest BCUT2D eigenvalue weighted by Gasteiger charge is -2.47. The van der Waals surface area contributed by atoms with Crippen LogP contribution < -0.4 is 0 Å². The molecule has 0 aliphatic carbocycles. The maximum absolute atomic E-state index is 8.60. The van der Waals surface area contributed by atoms with Gasteiger partial charge in [-0.3, -0.25) is 0 Å². The Kier molecular flexibility index (Phi) is 20.9. The van der Waals surface area contributed by atoms with Gasteiger partial charge in [-0.05, 0) is 83.0 Å². The Balaban J connectivity index is 1.48. The largest absolute Gasteiger partial charge is 0.340 e. The molecule has 0 saturated carbocycles. The summed E-state index contributed by atoms with van der Waals surface area (Å²) in [6, 6.07) is 61.6. The minimum absolute atomic E-state index is 0.319. The van der Waals surface area contributed by atoms with E-state index < -0.39 is 15.5 Å². The summed E-state index contributed by atoms with van der Waals surface area (Å²) in [5.74, 6) is 0. The number of aryl methyl sites for hydroxylation is 2. The zero-order chi connectivity index (χ0) is 46.6. The van der Waals surface area contributed by atoms with Crippen molar-refractivity contribution >= 4 is 159 Å². The van der Waals surface area contributed by atoms with E-state index in [0.29, 0.717) is 0 Å². The van der Waals surface area contributed by atoms with Gasteiger partial charge in [-0.1, -0.05) is 368 Å². The molecule has 0 aromatic heterocycles. The topological polar surface area (TPSA) is 9.23 Å². The summed E-state index contributed by atoms with van der Waals surface area (Å²) < 4.78 is 7.08. The van der Waals surface area contributed by atoms with E-state index in [9.17, 15) is 0 Å². The summed E-state index contributed by atoms with van der Waals surface area (Å²) in [5.41, 5.74) is 7.12. The highest BCUT2D eigenvalue weighted by molar-refractivity contribution is 9.42. The molecule has 0 N–H and O–H groups in total. The monoisotopic (exact) mass is 1510 g/mol. The molecule has 0 saturated heterocycles. The van der Waals surface area contributed by atoms with E-state index in [1.54, 1.807) is 0 Å². The summed E-state index contributed by atoms with van der Waals surface area (Å²) in [6.45, 7) is 0. The van der Waals surface area contributed by atoms with Gasteiger partial charge in [-0.15, -0.1) is 0 Å². The molecule has 65 heavy (non-hydrogen) atoms. The van der Waals surface area contributed by atoms with Gasteiger partial charge in [0.1, 0.15) is 17.7 Å². The van der Waals surface area contributed by atoms with Crippen molar-refractivity contribution in [1.82, 2.24) is 0 Å². The summed E-state index contributed by atoms with van der Waals surface area (Å²) >= 11 is 37.6. The summed E-state index contributed by atoms with van der Waals surface area (Å²) in [4.78, 5) is 0. The third kappa shape index (κ3) is 13.7. The fourth-order valence-electron chi connectivity index (χ4n) is 8.70. The van der Waals surface area contributed by atoms with Crippen LogP contribution in [0.15, 0.2) is 170 Å². The molecular weight excluding hydrogens is 1460 g/mol. The van der Waals surface area contributed by atoms with Gasteiger partial charge < -0.3 is 4.74 Å². The number of hydrogen-bond acceptors (Lipinski definition) is 1. The second kappa shape index (κ2) is 25.0. The molecule has 6 aromatic rings. The lowest BCUT2D eigenvalue weighted by molar-refractivity contribution is -0.0818. The summed E-state index contributed by atoms with van der Waals surface area (Å²) in [7, 11) is 0. The van der Waals surface area contributed by atoms with Gasteiger partial charge in [0, 0.05) is 0 Å². The minimum Gasteiger partial charge on any atom is -0.340 e. The normalized spacial score (nSPS) is 13.0. The van der Waals surface area contributed by atoms with Crippen molar-refractivity contribution in [1.29, 1.82) is 0 Å². The Bertz CT molecular complexity index is 2100. The highest BCUT2D eigenvalue weighted by atomic mass is 80.0. The Hall–Kier alpha value is 0.0800. The molecule has 0 atom stereocenters. The molecule has 6 aromatic carbocycles. The Labute approximate surface area is 471 Å². The number of alkyl halides is 10. The predicted molar refractivity (Wildman–Crippen MR) is 313 cm³/mol. The van der Waals surface area contributed by atoms with Crippen molar-refractivity contribution in [3.05, 3.63) is 214 Å². The van der Waals surface area contributed by atoms with E-state index in [0.717, 1.165) is 110 Å². The Morgan fingerprint density at radius 2 is 0.554 bits per heavy atom. The highest BCUT2D eigenvalue weighted by Crippen LogP contribution is 2.57. The smallest absolute Gasteiger partial charge is 0.159 e. The van der Waals surface area contributed by atoms with E-state index >= 15 is 0 Å². The first-order chi connectivity index (χ1) is 31.0. The molecule has 0 amide bonds. The van der Waals surface area contributed by atoms with Crippen LogP contribution in [0.3, 0.4) is 0 Å². The van der Waals surface area contributed by atoms with E-state index in [-0.39, 0.29) is 6.47 Å². The quantitative estimate of drug-likeness (QED) is 0.0374. The molecule has 0 aliphatic heterocycles. The van der Waals surface area contributed by atoms with Crippen LogP contribution in [0.5, 0.6) is 0 Å². The van der Waals surface area contributed by atoms with Crippen molar-refractivity contribution in [3.8, 4) is 0 Å². The van der Waals surface area contributed by atoms with Gasteiger partial charge in [0.2, 0.25) is 0 Å². The molecule has 0 unspecified atom stereocenters. The van der Waals surface area contributed by atoms with Crippen molar-refractivity contribution < 1.29 is 4.74 Å². The average molecular weight is 1520 g/mol. The number of halogens is 10. The lowest BCUT2D eigenvalue weighted by Crippen LogP contribution is -2.45. The maximum Gasteiger partial charge on any atom is 0.159 e. The van der Waals surface area contributed by atoms with Crippen LogP contribution in [0.1, 0.15) is 109 Å². The third-order valence-electron chi connectivity index (χ3n) is 12.0. The molecule has 0 radical (unpaired) electrons. The molecule has 0 aliphatic rings. The maximum atomic E-state index is 8.60. The molecule has 0 fully saturated rings. The van der Waals surface area contributed by atoms with E-state index in [4.69, 9.17) is 4.74 Å². The predicted octanol–water partition coefficient (Wildman–Crippen LogP) is 20.6. The van der Waals surface area contributed by atoms with Gasteiger partial charge in [0.25, 0.3) is 0 Å². The van der Waals surface area contributed by atoms with Gasteiger partial charge in [-0.2, -0.15) is 0 Å². The Morgan fingerprint density at radius 3 is 0.846 bits per heavy atom. The van der Waals surface area contributed by atoms with Crippen LogP contribution in [0.4, 0.5) is 0 Å². The summed E-state index contributed by atoms with van der Waals surface area (Å²) in [6.07, 6.45) is 12.4. The van der Waals surface area contributed by atoms with Crippen LogP contribution in [0, 0.1) is 0 Å². The van der Waals surface area contributed by atoms with E-state index in [1.165, 1.54) is 11.1 Å². The summed E-state index contributed by atoms with van der Waals surface area (Å²) in [5, 5.41) is 0. The van der Waals surface area contributed by atoms with Crippen LogP contribution in [0.25, 0.3) is 0 Å². The molecule has 0 spiro atoms. The molecule has 0 bridgehead atoms. The van der Waals surface area contributed by atoms with Gasteiger partial charge in [-0.25, -0.2) is 0 Å². The molecule has 0 heterocycles. The van der Waals surface area contributed by atoms with E-state index in [1.807, 2.05) is 0 Å². The van der Waals surface area contributed by atoms with Crippen molar-refractivity contribution in [3.63, 3.8) is 0 Å². The van der Waals surface area contributed by atoms with Crippen LogP contribution in [-0.4, -0.2) is 10.8 Å². The van der Waals surface area contributed by atoms with Crippen LogP contribution in [-0.2, 0) is 28.8 Å². The third-order valence-corrected chi connectivity index (χ3v) is 26.4. The average Bonchev–Trinajstić information content (AvgIpc) is 3.30. The first-order valence-electron chi connectivity index (χ1n) is 22.0. The van der Waals surface area contributed by atoms with Gasteiger partial charge in [0.15, 0.2) is 4.29 Å². The molecule has 344 valence electrons.